The molecule has 1 unspecified atom stereocenters. The third-order valence-electron chi connectivity index (χ3n) is 4.03. The SMILES string of the molecule is CC1(NC(=O)C2(C(N)=S)CCC2)CCS(=O)(=O)C1. The fraction of sp³-hybridized carbons (Fsp3) is 0.818. The van der Waals surface area contributed by atoms with Crippen LogP contribution in [0.4, 0.5) is 0 Å². The van der Waals surface area contributed by atoms with Gasteiger partial charge in [0.2, 0.25) is 5.91 Å². The molecule has 2 aliphatic rings. The quantitative estimate of drug-likeness (QED) is 0.722. The first-order chi connectivity index (χ1) is 8.19. The normalized spacial score (nSPS) is 32.5. The molecule has 1 aliphatic carbocycles. The molecule has 1 atom stereocenters. The lowest BCUT2D eigenvalue weighted by Gasteiger charge is -2.41. The van der Waals surface area contributed by atoms with E-state index in [2.05, 4.69) is 5.32 Å². The average molecular weight is 290 g/mol. The Kier molecular flexibility index (Phi) is 3.18. The van der Waals surface area contributed by atoms with E-state index in [0.717, 1.165) is 6.42 Å². The minimum atomic E-state index is -3.03. The van der Waals surface area contributed by atoms with Crippen LogP contribution in [0.25, 0.3) is 0 Å². The maximum Gasteiger partial charge on any atom is 0.233 e. The number of rotatable bonds is 3. The van der Waals surface area contributed by atoms with Gasteiger partial charge < -0.3 is 11.1 Å². The van der Waals surface area contributed by atoms with Crippen molar-refractivity contribution in [3.05, 3.63) is 0 Å². The molecule has 2 rings (SSSR count). The summed E-state index contributed by atoms with van der Waals surface area (Å²) < 4.78 is 23.0. The van der Waals surface area contributed by atoms with Crippen molar-refractivity contribution in [2.45, 2.75) is 38.1 Å². The molecule has 102 valence electrons. The molecule has 0 aromatic heterocycles. The van der Waals surface area contributed by atoms with Gasteiger partial charge in [-0.25, -0.2) is 8.42 Å². The van der Waals surface area contributed by atoms with Gasteiger partial charge >= 0.3 is 0 Å². The Hall–Kier alpha value is -0.690. The van der Waals surface area contributed by atoms with Crippen molar-refractivity contribution < 1.29 is 13.2 Å². The lowest BCUT2D eigenvalue weighted by molar-refractivity contribution is -0.132. The van der Waals surface area contributed by atoms with Crippen molar-refractivity contribution >= 4 is 33.0 Å². The lowest BCUT2D eigenvalue weighted by atomic mass is 9.67. The van der Waals surface area contributed by atoms with Gasteiger partial charge in [-0.1, -0.05) is 18.6 Å². The minimum absolute atomic E-state index is 0.000840. The number of carbonyl (C=O) groups excluding carboxylic acids is 1. The van der Waals surface area contributed by atoms with Crippen LogP contribution in [0.3, 0.4) is 0 Å². The molecule has 0 bridgehead atoms. The number of amides is 1. The van der Waals surface area contributed by atoms with Crippen LogP contribution in [0, 0.1) is 5.41 Å². The third-order valence-corrected chi connectivity index (χ3v) is 6.33. The van der Waals surface area contributed by atoms with Gasteiger partial charge in [-0.2, -0.15) is 0 Å². The lowest BCUT2D eigenvalue weighted by Crippen LogP contribution is -2.58. The van der Waals surface area contributed by atoms with Crippen molar-refractivity contribution in [3.63, 3.8) is 0 Å². The summed E-state index contributed by atoms with van der Waals surface area (Å²) in [6, 6.07) is 0. The van der Waals surface area contributed by atoms with Crippen LogP contribution in [0.1, 0.15) is 32.6 Å². The zero-order valence-electron chi connectivity index (χ0n) is 10.4. The molecule has 1 amide bonds. The van der Waals surface area contributed by atoms with E-state index in [1.165, 1.54) is 0 Å². The van der Waals surface area contributed by atoms with Gasteiger partial charge in [0.25, 0.3) is 0 Å². The van der Waals surface area contributed by atoms with Crippen LogP contribution >= 0.6 is 12.2 Å². The number of carbonyl (C=O) groups is 1. The highest BCUT2D eigenvalue weighted by Gasteiger charge is 2.50. The maximum atomic E-state index is 12.3. The molecule has 0 aromatic rings. The summed E-state index contributed by atoms with van der Waals surface area (Å²) in [4.78, 5) is 12.5. The van der Waals surface area contributed by atoms with E-state index in [1.807, 2.05) is 0 Å². The molecule has 1 heterocycles. The second-order valence-electron chi connectivity index (χ2n) is 5.66. The van der Waals surface area contributed by atoms with E-state index in [-0.39, 0.29) is 22.4 Å². The molecular formula is C11H18N2O3S2. The Balaban J connectivity index is 2.11. The summed E-state index contributed by atoms with van der Waals surface area (Å²) in [5, 5.41) is 2.85. The summed E-state index contributed by atoms with van der Waals surface area (Å²) in [7, 11) is -3.03. The van der Waals surface area contributed by atoms with Gasteiger partial charge in [-0.05, 0) is 26.2 Å². The molecule has 3 N–H and O–H groups in total. The number of nitrogens with one attached hydrogen (secondary N) is 1. The molecule has 7 heteroatoms. The van der Waals surface area contributed by atoms with Crippen molar-refractivity contribution in [2.24, 2.45) is 11.1 Å². The Morgan fingerprint density at radius 2 is 1.94 bits per heavy atom. The van der Waals surface area contributed by atoms with Crippen LogP contribution in [-0.4, -0.2) is 36.4 Å². The molecule has 5 nitrogen and oxygen atoms in total. The van der Waals surface area contributed by atoms with Crippen LogP contribution in [-0.2, 0) is 14.6 Å². The fourth-order valence-electron chi connectivity index (χ4n) is 2.62. The van der Waals surface area contributed by atoms with Crippen molar-refractivity contribution in [1.82, 2.24) is 5.32 Å². The van der Waals surface area contributed by atoms with Crippen molar-refractivity contribution in [1.29, 1.82) is 0 Å². The summed E-state index contributed by atoms with van der Waals surface area (Å²) in [6.45, 7) is 1.77. The number of nitrogens with two attached hydrogens (primary N) is 1. The Labute approximate surface area is 112 Å². The van der Waals surface area contributed by atoms with E-state index in [0.29, 0.717) is 19.3 Å². The Bertz CT molecular complexity index is 496. The van der Waals surface area contributed by atoms with E-state index >= 15 is 0 Å². The molecule has 0 radical (unpaired) electrons. The van der Waals surface area contributed by atoms with Gasteiger partial charge in [-0.3, -0.25) is 4.79 Å². The predicted molar refractivity (Wildman–Crippen MR) is 72.9 cm³/mol. The average Bonchev–Trinajstić information content (AvgIpc) is 2.36. The highest BCUT2D eigenvalue weighted by atomic mass is 32.2. The Morgan fingerprint density at radius 1 is 1.33 bits per heavy atom. The zero-order chi connectivity index (χ0) is 13.6. The second kappa shape index (κ2) is 4.16. The van der Waals surface area contributed by atoms with E-state index in [9.17, 15) is 13.2 Å². The summed E-state index contributed by atoms with van der Waals surface area (Å²) in [5.41, 5.74) is 4.23. The van der Waals surface area contributed by atoms with Gasteiger partial charge in [0.05, 0.1) is 27.4 Å². The van der Waals surface area contributed by atoms with Crippen LogP contribution in [0.2, 0.25) is 0 Å². The second-order valence-corrected chi connectivity index (χ2v) is 8.28. The topological polar surface area (TPSA) is 89.3 Å². The van der Waals surface area contributed by atoms with Crippen LogP contribution < -0.4 is 11.1 Å². The molecule has 18 heavy (non-hydrogen) atoms. The molecule has 2 fully saturated rings. The standard InChI is InChI=1S/C11H18N2O3S2/c1-10(5-6-18(15,16)7-10)13-9(14)11(8(12)17)3-2-4-11/h2-7H2,1H3,(H2,12,17)(H,13,14). The monoisotopic (exact) mass is 290 g/mol. The molecule has 0 aromatic carbocycles. The van der Waals surface area contributed by atoms with E-state index in [1.54, 1.807) is 6.92 Å². The highest BCUT2D eigenvalue weighted by molar-refractivity contribution is 7.91. The highest BCUT2D eigenvalue weighted by Crippen LogP contribution is 2.42. The fourth-order valence-corrected chi connectivity index (χ4v) is 5.01. The van der Waals surface area contributed by atoms with Crippen molar-refractivity contribution in [3.8, 4) is 0 Å². The molecular weight excluding hydrogens is 272 g/mol. The first kappa shape index (κ1) is 13.7. The van der Waals surface area contributed by atoms with E-state index < -0.39 is 20.8 Å². The van der Waals surface area contributed by atoms with Gasteiger partial charge in [0, 0.05) is 0 Å². The summed E-state index contributed by atoms with van der Waals surface area (Å²) >= 11 is 4.98. The van der Waals surface area contributed by atoms with Crippen LogP contribution in [0.15, 0.2) is 0 Å². The van der Waals surface area contributed by atoms with Gasteiger partial charge in [0.1, 0.15) is 0 Å². The number of hydrogen-bond donors (Lipinski definition) is 2. The predicted octanol–water partition coefficient (Wildman–Crippen LogP) is 0.136. The van der Waals surface area contributed by atoms with Gasteiger partial charge in [0.15, 0.2) is 9.84 Å². The minimum Gasteiger partial charge on any atom is -0.392 e. The van der Waals surface area contributed by atoms with Crippen LogP contribution in [0.5, 0.6) is 0 Å². The molecule has 1 aliphatic heterocycles. The maximum absolute atomic E-state index is 12.3. The van der Waals surface area contributed by atoms with Crippen molar-refractivity contribution in [2.75, 3.05) is 11.5 Å². The molecule has 1 saturated carbocycles. The first-order valence-corrected chi connectivity index (χ1v) is 8.25. The van der Waals surface area contributed by atoms with E-state index in [4.69, 9.17) is 18.0 Å². The summed E-state index contributed by atoms with van der Waals surface area (Å²) in [5.74, 6) is -0.0796. The number of hydrogen-bond acceptors (Lipinski definition) is 4. The largest absolute Gasteiger partial charge is 0.392 e. The Morgan fingerprint density at radius 3 is 2.28 bits per heavy atom. The zero-order valence-corrected chi connectivity index (χ0v) is 12.0. The number of sulfone groups is 1. The summed E-state index contributed by atoms with van der Waals surface area (Å²) in [6.07, 6.45) is 2.71. The smallest absolute Gasteiger partial charge is 0.233 e. The molecule has 1 saturated heterocycles. The van der Waals surface area contributed by atoms with Gasteiger partial charge in [-0.15, -0.1) is 0 Å². The molecule has 0 spiro atoms. The number of thiocarbonyl (C=S) groups is 1. The first-order valence-electron chi connectivity index (χ1n) is 6.02. The third kappa shape index (κ3) is 2.25.